The van der Waals surface area contributed by atoms with Gasteiger partial charge < -0.3 is 0 Å². The maximum absolute atomic E-state index is 2.12. The minimum Gasteiger partial charge on any atom is -0.122 e. The van der Waals surface area contributed by atoms with E-state index < -0.39 is 0 Å². The van der Waals surface area contributed by atoms with E-state index in [1.807, 2.05) is 59.9 Å². The highest BCUT2D eigenvalue weighted by atomic mass is 32.2. The van der Waals surface area contributed by atoms with Crippen LogP contribution in [-0.2, 0) is 0 Å². The van der Waals surface area contributed by atoms with Gasteiger partial charge >= 0.3 is 0 Å². The molecule has 0 radical (unpaired) electrons. The summed E-state index contributed by atoms with van der Waals surface area (Å²) in [6.45, 7) is 0. The molecule has 0 fully saturated rings. The molecule has 1 aliphatic heterocycles. The SMILES string of the molecule is C1=CSCS1.c1ccccc1. The Labute approximate surface area is 76.1 Å². The van der Waals surface area contributed by atoms with Crippen LogP contribution in [-0.4, -0.2) is 5.08 Å². The van der Waals surface area contributed by atoms with E-state index in [0.717, 1.165) is 0 Å². The summed E-state index contributed by atoms with van der Waals surface area (Å²) in [6, 6.07) is 12.0. The fourth-order valence-electron chi connectivity index (χ4n) is 0.581. The largest absolute Gasteiger partial charge is 0.122 e. The molecule has 0 atom stereocenters. The smallest absolute Gasteiger partial charge is 0.0475 e. The highest BCUT2D eigenvalue weighted by molar-refractivity contribution is 8.21. The maximum Gasteiger partial charge on any atom is 0.0475 e. The Morgan fingerprint density at radius 1 is 0.636 bits per heavy atom. The van der Waals surface area contributed by atoms with Crippen molar-refractivity contribution < 1.29 is 0 Å². The molecule has 0 nitrogen and oxygen atoms in total. The average Bonchev–Trinajstić information content (AvgIpc) is 2.64. The van der Waals surface area contributed by atoms with Gasteiger partial charge in [-0.15, -0.1) is 23.5 Å². The normalized spacial score (nSPS) is 13.8. The van der Waals surface area contributed by atoms with Crippen molar-refractivity contribution in [2.45, 2.75) is 0 Å². The number of hydrogen-bond donors (Lipinski definition) is 0. The van der Waals surface area contributed by atoms with Crippen molar-refractivity contribution >= 4 is 23.5 Å². The van der Waals surface area contributed by atoms with Crippen molar-refractivity contribution in [2.24, 2.45) is 0 Å². The molecule has 1 heterocycles. The van der Waals surface area contributed by atoms with Crippen LogP contribution in [0, 0.1) is 0 Å². The van der Waals surface area contributed by atoms with E-state index in [2.05, 4.69) is 10.8 Å². The Kier molecular flexibility index (Phi) is 5.07. The lowest BCUT2D eigenvalue weighted by Crippen LogP contribution is -1.47. The summed E-state index contributed by atoms with van der Waals surface area (Å²) in [6.07, 6.45) is 0. The summed E-state index contributed by atoms with van der Waals surface area (Å²) in [5.74, 6) is 0. The summed E-state index contributed by atoms with van der Waals surface area (Å²) >= 11 is 3.71. The zero-order valence-electron chi connectivity index (χ0n) is 6.14. The van der Waals surface area contributed by atoms with E-state index in [-0.39, 0.29) is 0 Å². The molecule has 1 aromatic rings. The molecule has 1 aliphatic rings. The van der Waals surface area contributed by atoms with Crippen LogP contribution in [0.3, 0.4) is 0 Å². The van der Waals surface area contributed by atoms with Crippen LogP contribution >= 0.6 is 23.5 Å². The number of benzene rings is 1. The zero-order chi connectivity index (χ0) is 7.78. The summed E-state index contributed by atoms with van der Waals surface area (Å²) in [5.41, 5.74) is 0. The van der Waals surface area contributed by atoms with Crippen molar-refractivity contribution in [1.29, 1.82) is 0 Å². The predicted octanol–water partition coefficient (Wildman–Crippen LogP) is 3.58. The molecule has 0 N–H and O–H groups in total. The Morgan fingerprint density at radius 2 is 1.00 bits per heavy atom. The van der Waals surface area contributed by atoms with Gasteiger partial charge in [0, 0.05) is 5.08 Å². The van der Waals surface area contributed by atoms with Crippen LogP contribution < -0.4 is 0 Å². The Morgan fingerprint density at radius 3 is 1.18 bits per heavy atom. The first-order valence-corrected chi connectivity index (χ1v) is 5.48. The lowest BCUT2D eigenvalue weighted by molar-refractivity contribution is 1.72. The van der Waals surface area contributed by atoms with E-state index in [1.54, 1.807) is 0 Å². The minimum atomic E-state index is 1.22. The zero-order valence-corrected chi connectivity index (χ0v) is 7.78. The van der Waals surface area contributed by atoms with E-state index >= 15 is 0 Å². The molecule has 0 aromatic heterocycles. The summed E-state index contributed by atoms with van der Waals surface area (Å²) in [7, 11) is 0. The van der Waals surface area contributed by atoms with Crippen LogP contribution in [0.4, 0.5) is 0 Å². The molecule has 2 rings (SSSR count). The van der Waals surface area contributed by atoms with Gasteiger partial charge in [0.2, 0.25) is 0 Å². The van der Waals surface area contributed by atoms with Crippen LogP contribution in [0.15, 0.2) is 47.2 Å². The first-order chi connectivity index (χ1) is 5.50. The second-order valence-corrected chi connectivity index (χ2v) is 4.03. The third kappa shape index (κ3) is 4.99. The topological polar surface area (TPSA) is 0 Å². The van der Waals surface area contributed by atoms with E-state index in [1.165, 1.54) is 5.08 Å². The molecule has 0 saturated carbocycles. The van der Waals surface area contributed by atoms with Crippen LogP contribution in [0.5, 0.6) is 0 Å². The highest BCUT2D eigenvalue weighted by Gasteiger charge is 1.85. The molecule has 0 bridgehead atoms. The second kappa shape index (κ2) is 6.38. The molecule has 0 aliphatic carbocycles. The predicted molar refractivity (Wildman–Crippen MR) is 55.6 cm³/mol. The average molecular weight is 182 g/mol. The molecule has 1 aromatic carbocycles. The summed E-state index contributed by atoms with van der Waals surface area (Å²) in [5, 5.41) is 5.45. The van der Waals surface area contributed by atoms with Crippen molar-refractivity contribution in [3.8, 4) is 0 Å². The van der Waals surface area contributed by atoms with Crippen molar-refractivity contribution in [3.63, 3.8) is 0 Å². The van der Waals surface area contributed by atoms with E-state index in [4.69, 9.17) is 0 Å². The van der Waals surface area contributed by atoms with Gasteiger partial charge in [-0.2, -0.15) is 0 Å². The lowest BCUT2D eigenvalue weighted by atomic mass is 10.4. The van der Waals surface area contributed by atoms with Crippen molar-refractivity contribution in [3.05, 3.63) is 47.2 Å². The monoisotopic (exact) mass is 182 g/mol. The van der Waals surface area contributed by atoms with Crippen molar-refractivity contribution in [2.75, 3.05) is 5.08 Å². The van der Waals surface area contributed by atoms with Crippen LogP contribution in [0.2, 0.25) is 0 Å². The van der Waals surface area contributed by atoms with Gasteiger partial charge in [-0.25, -0.2) is 0 Å². The Balaban J connectivity index is 0.000000112. The first kappa shape index (κ1) is 8.75. The lowest BCUT2D eigenvalue weighted by Gasteiger charge is -1.69. The number of hydrogen-bond acceptors (Lipinski definition) is 2. The third-order valence-electron chi connectivity index (χ3n) is 1.05. The maximum atomic E-state index is 2.12. The van der Waals surface area contributed by atoms with Crippen LogP contribution in [0.1, 0.15) is 0 Å². The standard InChI is InChI=1S/C6H6.C3H4S2/c1-2-4-6-5-3-1;1-2-5-3-4-1/h1-6H;1-2H,3H2. The fraction of sp³-hybridized carbons (Fsp3) is 0.111. The van der Waals surface area contributed by atoms with Gasteiger partial charge in [-0.05, 0) is 10.8 Å². The molecular formula is C9H10S2. The second-order valence-electron chi connectivity index (χ2n) is 1.88. The molecule has 2 heteroatoms. The molecule has 0 amide bonds. The molecule has 11 heavy (non-hydrogen) atoms. The van der Waals surface area contributed by atoms with Crippen molar-refractivity contribution in [1.82, 2.24) is 0 Å². The molecule has 0 unspecified atom stereocenters. The quantitative estimate of drug-likeness (QED) is 0.601. The van der Waals surface area contributed by atoms with Gasteiger partial charge in [0.25, 0.3) is 0 Å². The Hall–Kier alpha value is -0.340. The van der Waals surface area contributed by atoms with Gasteiger partial charge in [-0.3, -0.25) is 0 Å². The fourth-order valence-corrected chi connectivity index (χ4v) is 2.15. The molecule has 58 valence electrons. The molecule has 0 spiro atoms. The summed E-state index contributed by atoms with van der Waals surface area (Å²) in [4.78, 5) is 0. The van der Waals surface area contributed by atoms with E-state index in [0.29, 0.717) is 0 Å². The number of rotatable bonds is 0. The molecule has 0 saturated heterocycles. The third-order valence-corrected chi connectivity index (χ3v) is 2.97. The van der Waals surface area contributed by atoms with Gasteiger partial charge in [-0.1, -0.05) is 36.4 Å². The van der Waals surface area contributed by atoms with Crippen LogP contribution in [0.25, 0.3) is 0 Å². The highest BCUT2D eigenvalue weighted by Crippen LogP contribution is 2.22. The minimum absolute atomic E-state index is 1.22. The Bertz CT molecular complexity index is 161. The van der Waals surface area contributed by atoms with E-state index in [9.17, 15) is 0 Å². The van der Waals surface area contributed by atoms with Gasteiger partial charge in [0.15, 0.2) is 0 Å². The van der Waals surface area contributed by atoms with Gasteiger partial charge in [0.1, 0.15) is 0 Å². The first-order valence-electron chi connectivity index (χ1n) is 3.38. The summed E-state index contributed by atoms with van der Waals surface area (Å²) < 4.78 is 0. The van der Waals surface area contributed by atoms with Gasteiger partial charge in [0.05, 0.1) is 0 Å². The molecular weight excluding hydrogens is 172 g/mol. The number of thioether (sulfide) groups is 2.